The van der Waals surface area contributed by atoms with Crippen molar-refractivity contribution in [1.82, 2.24) is 14.9 Å². The quantitative estimate of drug-likeness (QED) is 0.719. The number of nitrogens with zero attached hydrogens (tertiary/aromatic N) is 2. The number of hydrogen-bond donors (Lipinski definition) is 1. The zero-order valence-electron chi connectivity index (χ0n) is 12.3. The molecule has 0 spiro atoms. The minimum Gasteiger partial charge on any atom is -0.364 e. The van der Waals surface area contributed by atoms with E-state index < -0.39 is 0 Å². The zero-order chi connectivity index (χ0) is 14.9. The van der Waals surface area contributed by atoms with Crippen molar-refractivity contribution in [3.05, 3.63) is 65.1 Å². The number of halogens is 1. The van der Waals surface area contributed by atoms with Gasteiger partial charge in [0.05, 0.1) is 11.6 Å². The van der Waals surface area contributed by atoms with Gasteiger partial charge in [0.2, 0.25) is 0 Å². The summed E-state index contributed by atoms with van der Waals surface area (Å²) in [5.41, 5.74) is 3.54. The van der Waals surface area contributed by atoms with Gasteiger partial charge < -0.3 is 4.98 Å². The molecule has 112 valence electrons. The van der Waals surface area contributed by atoms with Crippen molar-refractivity contribution in [2.75, 3.05) is 6.54 Å². The molecule has 2 aromatic heterocycles. The van der Waals surface area contributed by atoms with Gasteiger partial charge in [-0.2, -0.15) is 0 Å². The van der Waals surface area contributed by atoms with Gasteiger partial charge in [-0.15, -0.1) is 0 Å². The molecule has 1 saturated heterocycles. The van der Waals surface area contributed by atoms with Gasteiger partial charge in [-0.05, 0) is 49.2 Å². The lowest BCUT2D eigenvalue weighted by molar-refractivity contribution is 0.246. The molecule has 3 nitrogen and oxygen atoms in total. The summed E-state index contributed by atoms with van der Waals surface area (Å²) < 4.78 is 0. The van der Waals surface area contributed by atoms with E-state index in [0.717, 1.165) is 18.6 Å². The van der Waals surface area contributed by atoms with Crippen molar-refractivity contribution < 1.29 is 0 Å². The van der Waals surface area contributed by atoms with Crippen molar-refractivity contribution in [2.45, 2.75) is 25.4 Å². The molecule has 1 aliphatic heterocycles. The van der Waals surface area contributed by atoms with Gasteiger partial charge in [0.25, 0.3) is 0 Å². The molecule has 0 amide bonds. The SMILES string of the molecule is Clc1cc(CN2CCC[C@@H]2c2ccc[nH]2)c2ccccc2n1. The average molecular weight is 312 g/mol. The van der Waals surface area contributed by atoms with E-state index in [1.165, 1.54) is 29.5 Å². The number of benzene rings is 1. The number of nitrogens with one attached hydrogen (secondary N) is 1. The predicted molar refractivity (Wildman–Crippen MR) is 89.9 cm³/mol. The maximum atomic E-state index is 6.21. The standard InChI is InChI=1S/C18H18ClN3/c19-18-11-13(14-5-1-2-6-15(14)21-18)12-22-10-4-8-17(22)16-7-3-9-20-16/h1-3,5-7,9,11,17,20H,4,8,10,12H2/t17-/m1/s1. The predicted octanol–water partition coefficient (Wildman–Crippen LogP) is 4.55. The van der Waals surface area contributed by atoms with Crippen molar-refractivity contribution >= 4 is 22.5 Å². The lowest BCUT2D eigenvalue weighted by Crippen LogP contribution is -2.23. The molecule has 1 fully saturated rings. The third-order valence-corrected chi connectivity index (χ3v) is 4.68. The summed E-state index contributed by atoms with van der Waals surface area (Å²) in [6.07, 6.45) is 4.45. The van der Waals surface area contributed by atoms with Crippen molar-refractivity contribution in [3.8, 4) is 0 Å². The van der Waals surface area contributed by atoms with E-state index in [1.54, 1.807) is 0 Å². The summed E-state index contributed by atoms with van der Waals surface area (Å²) >= 11 is 6.21. The van der Waals surface area contributed by atoms with Crippen LogP contribution >= 0.6 is 11.6 Å². The van der Waals surface area contributed by atoms with E-state index in [0.29, 0.717) is 11.2 Å². The van der Waals surface area contributed by atoms with Gasteiger partial charge in [0.1, 0.15) is 5.15 Å². The van der Waals surface area contributed by atoms with Gasteiger partial charge in [-0.3, -0.25) is 4.90 Å². The number of fused-ring (bicyclic) bond motifs is 1. The Morgan fingerprint density at radius 1 is 1.23 bits per heavy atom. The maximum absolute atomic E-state index is 6.21. The summed E-state index contributed by atoms with van der Waals surface area (Å²) in [5.74, 6) is 0. The second-order valence-corrected chi connectivity index (χ2v) is 6.26. The Morgan fingerprint density at radius 2 is 2.14 bits per heavy atom. The van der Waals surface area contributed by atoms with Crippen molar-refractivity contribution in [1.29, 1.82) is 0 Å². The van der Waals surface area contributed by atoms with Crippen LogP contribution in [0.3, 0.4) is 0 Å². The number of H-pyrrole nitrogens is 1. The molecule has 0 bridgehead atoms. The lowest BCUT2D eigenvalue weighted by atomic mass is 10.1. The molecular weight excluding hydrogens is 294 g/mol. The Labute approximate surface area is 134 Å². The van der Waals surface area contributed by atoms with Crippen LogP contribution in [0.2, 0.25) is 5.15 Å². The molecule has 0 aliphatic carbocycles. The molecule has 0 unspecified atom stereocenters. The van der Waals surface area contributed by atoms with Gasteiger partial charge in [0.15, 0.2) is 0 Å². The molecule has 1 aromatic carbocycles. The highest BCUT2D eigenvalue weighted by atomic mass is 35.5. The van der Waals surface area contributed by atoms with Crippen molar-refractivity contribution in [3.63, 3.8) is 0 Å². The minimum absolute atomic E-state index is 0.473. The van der Waals surface area contributed by atoms with Crippen LogP contribution in [-0.4, -0.2) is 21.4 Å². The molecular formula is C18H18ClN3. The van der Waals surface area contributed by atoms with E-state index in [1.807, 2.05) is 24.4 Å². The van der Waals surface area contributed by atoms with Gasteiger partial charge in [0, 0.05) is 23.8 Å². The first kappa shape index (κ1) is 13.8. The molecule has 1 aliphatic rings. The third-order valence-electron chi connectivity index (χ3n) is 4.49. The molecule has 1 N–H and O–H groups in total. The Bertz CT molecular complexity index is 782. The molecule has 0 radical (unpaired) electrons. The lowest BCUT2D eigenvalue weighted by Gasteiger charge is -2.24. The van der Waals surface area contributed by atoms with Crippen LogP contribution in [0.5, 0.6) is 0 Å². The first-order valence-corrected chi connectivity index (χ1v) is 8.10. The number of rotatable bonds is 3. The normalized spacial score (nSPS) is 19.0. The summed E-state index contributed by atoms with van der Waals surface area (Å²) in [6, 6.07) is 15.0. The second-order valence-electron chi connectivity index (χ2n) is 5.88. The van der Waals surface area contributed by atoms with Crippen LogP contribution in [0.15, 0.2) is 48.7 Å². The highest BCUT2D eigenvalue weighted by Gasteiger charge is 2.27. The van der Waals surface area contributed by atoms with E-state index in [9.17, 15) is 0 Å². The molecule has 1 atom stereocenters. The highest BCUT2D eigenvalue weighted by Crippen LogP contribution is 2.33. The first-order chi connectivity index (χ1) is 10.8. The van der Waals surface area contributed by atoms with Crippen LogP contribution in [-0.2, 0) is 6.54 Å². The monoisotopic (exact) mass is 311 g/mol. The zero-order valence-corrected chi connectivity index (χ0v) is 13.1. The minimum atomic E-state index is 0.473. The van der Waals surface area contributed by atoms with E-state index in [2.05, 4.69) is 39.1 Å². The third kappa shape index (κ3) is 2.51. The summed E-state index contributed by atoms with van der Waals surface area (Å²) in [4.78, 5) is 10.3. The van der Waals surface area contributed by atoms with E-state index >= 15 is 0 Å². The van der Waals surface area contributed by atoms with E-state index in [4.69, 9.17) is 11.6 Å². The van der Waals surface area contributed by atoms with Gasteiger partial charge >= 0.3 is 0 Å². The second kappa shape index (κ2) is 5.75. The smallest absolute Gasteiger partial charge is 0.130 e. The Hall–Kier alpha value is -1.84. The van der Waals surface area contributed by atoms with Gasteiger partial charge in [-0.25, -0.2) is 4.98 Å². The largest absolute Gasteiger partial charge is 0.364 e. The van der Waals surface area contributed by atoms with Crippen LogP contribution in [0.25, 0.3) is 10.9 Å². The average Bonchev–Trinajstić information content (AvgIpc) is 3.17. The maximum Gasteiger partial charge on any atom is 0.130 e. The summed E-state index contributed by atoms with van der Waals surface area (Å²) in [7, 11) is 0. The summed E-state index contributed by atoms with van der Waals surface area (Å²) in [5, 5.41) is 1.77. The van der Waals surface area contributed by atoms with Crippen LogP contribution in [0.4, 0.5) is 0 Å². The number of aromatic nitrogens is 2. The fourth-order valence-corrected chi connectivity index (χ4v) is 3.70. The Morgan fingerprint density at radius 3 is 3.00 bits per heavy atom. The number of hydrogen-bond acceptors (Lipinski definition) is 2. The number of likely N-dealkylation sites (tertiary alicyclic amines) is 1. The fraction of sp³-hybridized carbons (Fsp3) is 0.278. The topological polar surface area (TPSA) is 31.9 Å². The molecule has 4 rings (SSSR count). The molecule has 3 aromatic rings. The Balaban J connectivity index is 1.68. The molecule has 4 heteroatoms. The number of pyridine rings is 1. The van der Waals surface area contributed by atoms with Crippen LogP contribution < -0.4 is 0 Å². The fourth-order valence-electron chi connectivity index (χ4n) is 3.48. The van der Waals surface area contributed by atoms with E-state index in [-0.39, 0.29) is 0 Å². The molecule has 0 saturated carbocycles. The summed E-state index contributed by atoms with van der Waals surface area (Å²) in [6.45, 7) is 2.03. The highest BCUT2D eigenvalue weighted by molar-refractivity contribution is 6.29. The molecule has 3 heterocycles. The van der Waals surface area contributed by atoms with Gasteiger partial charge in [-0.1, -0.05) is 29.8 Å². The molecule has 22 heavy (non-hydrogen) atoms. The Kier molecular flexibility index (Phi) is 3.60. The first-order valence-electron chi connectivity index (χ1n) is 7.73. The van der Waals surface area contributed by atoms with Crippen LogP contribution in [0, 0.1) is 0 Å². The number of para-hydroxylation sites is 1. The number of aromatic amines is 1. The van der Waals surface area contributed by atoms with Crippen molar-refractivity contribution in [2.24, 2.45) is 0 Å². The van der Waals surface area contributed by atoms with Crippen LogP contribution in [0.1, 0.15) is 30.1 Å².